The molecule has 11 rings (SSSR count). The lowest BCUT2D eigenvalue weighted by Gasteiger charge is -2.57. The number of hydrogen-bond donors (Lipinski definition) is 3. The molecule has 3 N–H and O–H groups in total. The highest BCUT2D eigenvalue weighted by Crippen LogP contribution is 2.53. The average Bonchev–Trinajstić information content (AvgIpc) is 3.79. The van der Waals surface area contributed by atoms with Crippen molar-refractivity contribution >= 4 is 55.4 Å². The van der Waals surface area contributed by atoms with E-state index < -0.39 is 31.6 Å². The predicted molar refractivity (Wildman–Crippen MR) is 245 cm³/mol. The van der Waals surface area contributed by atoms with E-state index in [0.29, 0.717) is 55.3 Å². The molecular formula is C47H53N9O9S. The van der Waals surface area contributed by atoms with E-state index >= 15 is 0 Å². The zero-order valence-corrected chi connectivity index (χ0v) is 37.6. The number of hydrogen-bond acceptors (Lipinski definition) is 15. The fourth-order valence-corrected chi connectivity index (χ4v) is 12.0. The first-order valence-electron chi connectivity index (χ1n) is 22.9. The van der Waals surface area contributed by atoms with Crippen LogP contribution in [0.15, 0.2) is 71.9 Å². The molecule has 1 spiro atoms. The van der Waals surface area contributed by atoms with Gasteiger partial charge in [0.05, 0.1) is 54.1 Å². The zero-order valence-electron chi connectivity index (χ0n) is 36.7. The highest BCUT2D eigenvalue weighted by Gasteiger charge is 2.50. The van der Waals surface area contributed by atoms with Gasteiger partial charge in [0, 0.05) is 56.2 Å². The summed E-state index contributed by atoms with van der Waals surface area (Å²) in [6.07, 6.45) is 7.66. The number of anilines is 4. The van der Waals surface area contributed by atoms with Crippen molar-refractivity contribution in [3.05, 3.63) is 93.7 Å². The molecule has 18 nitrogen and oxygen atoms in total. The van der Waals surface area contributed by atoms with Gasteiger partial charge in [-0.3, -0.25) is 19.8 Å². The maximum atomic E-state index is 14.4. The number of aromatic amines is 1. The molecule has 0 bridgehead atoms. The van der Waals surface area contributed by atoms with Crippen molar-refractivity contribution in [2.75, 3.05) is 80.9 Å². The predicted octanol–water partition coefficient (Wildman–Crippen LogP) is 6.25. The molecule has 1 aliphatic carbocycles. The van der Waals surface area contributed by atoms with Crippen molar-refractivity contribution in [2.24, 2.45) is 11.3 Å². The van der Waals surface area contributed by atoms with Crippen molar-refractivity contribution in [1.29, 1.82) is 0 Å². The third kappa shape index (κ3) is 7.84. The number of carbonyl (C=O) groups is 1. The number of aromatic nitrogens is 3. The van der Waals surface area contributed by atoms with Gasteiger partial charge in [0.15, 0.2) is 10.7 Å². The van der Waals surface area contributed by atoms with Crippen molar-refractivity contribution in [2.45, 2.75) is 68.6 Å². The number of nitrogens with zero attached hydrogens (tertiary/aromatic N) is 6. The van der Waals surface area contributed by atoms with E-state index in [1.165, 1.54) is 11.1 Å². The van der Waals surface area contributed by atoms with Gasteiger partial charge in [-0.25, -0.2) is 4.72 Å². The molecule has 2 atom stereocenters. The van der Waals surface area contributed by atoms with Gasteiger partial charge in [-0.05, 0) is 98.2 Å². The zero-order chi connectivity index (χ0) is 45.2. The van der Waals surface area contributed by atoms with Crippen LogP contribution in [0.2, 0.25) is 0 Å². The molecule has 5 aliphatic heterocycles. The topological polar surface area (TPSA) is 207 Å². The molecule has 1 amide bonds. The molecule has 0 radical (unpaired) electrons. The Bertz CT molecular complexity index is 2800. The summed E-state index contributed by atoms with van der Waals surface area (Å²) in [4.78, 5) is 45.1. The largest absolute Gasteiger partial charge is 0.474 e. The normalized spacial score (nSPS) is 22.4. The number of ether oxygens (including phenoxy) is 4. The van der Waals surface area contributed by atoms with Crippen LogP contribution in [0, 0.1) is 28.4 Å². The van der Waals surface area contributed by atoms with Gasteiger partial charge < -0.3 is 39.0 Å². The smallest absolute Gasteiger partial charge is 0.300 e. The fraction of sp³-hybridized carbons (Fsp3) is 0.468. The van der Waals surface area contributed by atoms with Crippen LogP contribution in [-0.2, 0) is 19.5 Å². The molecule has 2 aromatic carbocycles. The van der Waals surface area contributed by atoms with Crippen molar-refractivity contribution in [1.82, 2.24) is 24.6 Å². The highest BCUT2D eigenvalue weighted by atomic mass is 32.2. The molecule has 3 saturated heterocycles. The van der Waals surface area contributed by atoms with Crippen LogP contribution in [0.5, 0.6) is 11.8 Å². The minimum atomic E-state index is -4.75. The number of morpholine rings is 1. The molecule has 4 fully saturated rings. The number of amides is 1. The molecule has 19 heteroatoms. The summed E-state index contributed by atoms with van der Waals surface area (Å²) in [5.74, 6) is -0.611. The summed E-state index contributed by atoms with van der Waals surface area (Å²) in [5, 5.41) is 15.7. The van der Waals surface area contributed by atoms with Crippen LogP contribution in [0.25, 0.3) is 11.0 Å². The first-order chi connectivity index (χ1) is 32.0. The molecule has 346 valence electrons. The van der Waals surface area contributed by atoms with Crippen LogP contribution < -0.4 is 29.3 Å². The summed E-state index contributed by atoms with van der Waals surface area (Å²) in [7, 11) is -4.75. The van der Waals surface area contributed by atoms with Gasteiger partial charge >= 0.3 is 5.69 Å². The molecule has 5 aromatic rings. The first-order valence-corrected chi connectivity index (χ1v) is 24.4. The van der Waals surface area contributed by atoms with Crippen LogP contribution in [0.1, 0.15) is 66.1 Å². The maximum Gasteiger partial charge on any atom is 0.300 e. The second-order valence-electron chi connectivity index (χ2n) is 18.5. The Hall–Kier alpha value is -6.02. The minimum absolute atomic E-state index is 0.00615. The summed E-state index contributed by atoms with van der Waals surface area (Å²) in [6, 6.07) is 19.3. The summed E-state index contributed by atoms with van der Waals surface area (Å²) < 4.78 is 53.7. The van der Waals surface area contributed by atoms with Gasteiger partial charge in [-0.1, -0.05) is 24.3 Å². The van der Waals surface area contributed by atoms with Crippen LogP contribution in [0.3, 0.4) is 0 Å². The van der Waals surface area contributed by atoms with Gasteiger partial charge in [-0.15, -0.1) is 0 Å². The van der Waals surface area contributed by atoms with E-state index in [0.717, 1.165) is 81.9 Å². The Morgan fingerprint density at radius 1 is 0.894 bits per heavy atom. The van der Waals surface area contributed by atoms with E-state index in [2.05, 4.69) is 61.0 Å². The second-order valence-corrected chi connectivity index (χ2v) is 20.2. The Morgan fingerprint density at radius 3 is 2.52 bits per heavy atom. The summed E-state index contributed by atoms with van der Waals surface area (Å²) >= 11 is 0. The average molecular weight is 920 g/mol. The standard InChI is InChI=1S/C47H53N9O9S/c1-29-4-2-3-5-34(29)40-28-63-20-16-54(40)33-25-47(26-33)11-14-53(15-12-47)32-6-7-35(37(23-32)55-17-21-64-45-39(55)22-31-8-13-48-43(31)51-45)44(57)52-66(60,61)41-24-38(56(58)59)42-46(50-41)65-27-36(49-42)30-9-18-62-19-10-30/h2-8,13,22-24,30,33,36,40,49H,9-12,14-21,25-28H2,1H3,(H,48,51)(H,52,57)/t36-,40-/m0/s1. The van der Waals surface area contributed by atoms with Crippen molar-refractivity contribution in [3.63, 3.8) is 0 Å². The number of pyridine rings is 2. The highest BCUT2D eigenvalue weighted by molar-refractivity contribution is 7.90. The summed E-state index contributed by atoms with van der Waals surface area (Å²) in [6.45, 7) is 8.15. The lowest BCUT2D eigenvalue weighted by molar-refractivity contribution is -0.384. The van der Waals surface area contributed by atoms with Gasteiger partial charge in [-0.2, -0.15) is 18.4 Å². The monoisotopic (exact) mass is 919 g/mol. The van der Waals surface area contributed by atoms with E-state index in [1.807, 2.05) is 29.2 Å². The number of nitro groups is 1. The molecule has 3 aromatic heterocycles. The van der Waals surface area contributed by atoms with Gasteiger partial charge in [0.25, 0.3) is 15.9 Å². The Labute approximate surface area is 382 Å². The molecule has 6 aliphatic rings. The third-order valence-electron chi connectivity index (χ3n) is 14.8. The van der Waals surface area contributed by atoms with Crippen LogP contribution >= 0.6 is 0 Å². The van der Waals surface area contributed by atoms with Gasteiger partial charge in [0.2, 0.25) is 11.8 Å². The number of nitrogens with one attached hydrogen (secondary N) is 3. The van der Waals surface area contributed by atoms with Crippen molar-refractivity contribution in [3.8, 4) is 11.8 Å². The molecular weight excluding hydrogens is 867 g/mol. The number of aryl methyl sites for hydroxylation is 1. The number of H-pyrrole nitrogens is 1. The molecule has 66 heavy (non-hydrogen) atoms. The lowest BCUT2D eigenvalue weighted by atomic mass is 9.59. The van der Waals surface area contributed by atoms with Crippen LogP contribution in [0.4, 0.5) is 28.4 Å². The molecule has 1 saturated carbocycles. The van der Waals surface area contributed by atoms with E-state index in [1.54, 1.807) is 12.3 Å². The van der Waals surface area contributed by atoms with Crippen LogP contribution in [-0.4, -0.2) is 117 Å². The Balaban J connectivity index is 0.853. The number of rotatable bonds is 9. The first kappa shape index (κ1) is 42.6. The van der Waals surface area contributed by atoms with E-state index in [-0.39, 0.29) is 53.8 Å². The Morgan fingerprint density at radius 2 is 1.71 bits per heavy atom. The number of benzene rings is 2. The minimum Gasteiger partial charge on any atom is -0.474 e. The SMILES string of the molecule is Cc1ccccc1[C@@H]1COCCN1C1CC2(CCN(c3ccc(C(=O)NS(=O)(=O)c4cc([N+](=O)[O-])c5c(n4)OC[C@@H](C4CCOCC4)N5)c(N4CCOc5nc6[nH]ccc6cc54)c3)CC2)C1. The van der Waals surface area contributed by atoms with E-state index in [9.17, 15) is 23.3 Å². The molecule has 0 unspecified atom stereocenters. The molecule has 8 heterocycles. The summed E-state index contributed by atoms with van der Waals surface area (Å²) in [5.41, 5.74) is 5.13. The van der Waals surface area contributed by atoms with Crippen molar-refractivity contribution < 1.29 is 37.1 Å². The Kier molecular flexibility index (Phi) is 11.0. The fourth-order valence-electron chi connectivity index (χ4n) is 11.1. The quantitative estimate of drug-likeness (QED) is 0.110. The maximum absolute atomic E-state index is 14.4. The van der Waals surface area contributed by atoms with E-state index in [4.69, 9.17) is 23.9 Å². The lowest BCUT2D eigenvalue weighted by Crippen LogP contribution is -2.57. The number of carbonyl (C=O) groups excluding carboxylic acids is 1. The number of fused-ring (bicyclic) bond motifs is 3. The third-order valence-corrected chi connectivity index (χ3v) is 16.0. The second kappa shape index (κ2) is 17.0. The number of sulfonamides is 1. The number of piperidine rings is 1. The van der Waals surface area contributed by atoms with Gasteiger partial charge in [0.1, 0.15) is 24.5 Å².